The molecule has 2 rings (SSSR count). The Balaban J connectivity index is 1.76. The van der Waals surface area contributed by atoms with Crippen molar-refractivity contribution in [3.05, 3.63) is 11.1 Å². The topological polar surface area (TPSA) is 101 Å². The van der Waals surface area contributed by atoms with E-state index >= 15 is 0 Å². The molecule has 1 aliphatic heterocycles. The number of aromatic nitrogens is 2. The van der Waals surface area contributed by atoms with Crippen molar-refractivity contribution >= 4 is 23.4 Å². The molecule has 1 amide bonds. The van der Waals surface area contributed by atoms with E-state index in [4.69, 9.17) is 9.84 Å². The van der Waals surface area contributed by atoms with E-state index < -0.39 is 12.1 Å². The fourth-order valence-corrected chi connectivity index (χ4v) is 2.03. The first-order valence-corrected chi connectivity index (χ1v) is 5.94. The van der Waals surface area contributed by atoms with Crippen LogP contribution < -0.4 is 5.32 Å². The molecule has 2 N–H and O–H groups in total. The van der Waals surface area contributed by atoms with Crippen molar-refractivity contribution in [1.29, 1.82) is 0 Å². The second-order valence-corrected chi connectivity index (χ2v) is 4.27. The molecular formula is C9H11N3O4S. The van der Waals surface area contributed by atoms with Crippen molar-refractivity contribution in [1.82, 2.24) is 14.9 Å². The molecule has 2 atom stereocenters. The zero-order chi connectivity index (χ0) is 12.3. The Labute approximate surface area is 101 Å². The van der Waals surface area contributed by atoms with E-state index in [9.17, 15) is 9.59 Å². The van der Waals surface area contributed by atoms with E-state index in [2.05, 4.69) is 14.9 Å². The normalized spacial score (nSPS) is 23.5. The molecule has 0 bridgehead atoms. The van der Waals surface area contributed by atoms with Gasteiger partial charge in [-0.15, -0.1) is 5.10 Å². The van der Waals surface area contributed by atoms with Crippen molar-refractivity contribution in [2.75, 3.05) is 6.54 Å². The molecule has 7 nitrogen and oxygen atoms in total. The molecule has 0 aliphatic carbocycles. The number of hydrogen-bond donors (Lipinski definition) is 2. The summed E-state index contributed by atoms with van der Waals surface area (Å²) in [6, 6.07) is 0. The summed E-state index contributed by atoms with van der Waals surface area (Å²) in [4.78, 5) is 22.1. The number of carboxylic acids is 1. The highest BCUT2D eigenvalue weighted by molar-refractivity contribution is 7.03. The summed E-state index contributed by atoms with van der Waals surface area (Å²) < 4.78 is 8.82. The van der Waals surface area contributed by atoms with Gasteiger partial charge in [0.15, 0.2) is 11.8 Å². The monoisotopic (exact) mass is 257 g/mol. The summed E-state index contributed by atoms with van der Waals surface area (Å²) in [6.07, 6.45) is 0.116. The molecule has 1 aromatic rings. The number of rotatable bonds is 4. The maximum absolute atomic E-state index is 11.5. The highest BCUT2D eigenvalue weighted by Gasteiger charge is 2.30. The number of nitrogens with zero attached hydrogens (tertiary/aromatic N) is 2. The number of hydrogen-bond acceptors (Lipinski definition) is 6. The fourth-order valence-electron chi connectivity index (χ4n) is 1.60. The number of ether oxygens (including phenoxy) is 1. The maximum atomic E-state index is 11.5. The minimum absolute atomic E-state index is 0.244. The number of carbonyl (C=O) groups excluding carboxylic acids is 1. The van der Waals surface area contributed by atoms with Crippen LogP contribution in [-0.4, -0.2) is 45.3 Å². The van der Waals surface area contributed by atoms with Gasteiger partial charge in [-0.1, -0.05) is 4.49 Å². The minimum atomic E-state index is -0.956. The predicted octanol–water partition coefficient (Wildman–Crippen LogP) is -0.0999. The van der Waals surface area contributed by atoms with Crippen LogP contribution in [0.4, 0.5) is 0 Å². The van der Waals surface area contributed by atoms with Crippen LogP contribution in [0.1, 0.15) is 23.3 Å². The van der Waals surface area contributed by atoms with Crippen LogP contribution in [0.3, 0.4) is 0 Å². The average molecular weight is 257 g/mol. The molecule has 1 saturated heterocycles. The number of nitrogens with one attached hydrogen (secondary N) is 1. The van der Waals surface area contributed by atoms with E-state index in [0.29, 0.717) is 19.4 Å². The minimum Gasteiger partial charge on any atom is -0.479 e. The third kappa shape index (κ3) is 2.98. The van der Waals surface area contributed by atoms with Gasteiger partial charge in [0.2, 0.25) is 0 Å². The van der Waals surface area contributed by atoms with Crippen LogP contribution in [0.5, 0.6) is 0 Å². The Bertz CT molecular complexity index is 408. The molecule has 0 radical (unpaired) electrons. The van der Waals surface area contributed by atoms with Gasteiger partial charge in [0.25, 0.3) is 5.91 Å². The first kappa shape index (κ1) is 11.9. The van der Waals surface area contributed by atoms with E-state index in [-0.39, 0.29) is 17.7 Å². The van der Waals surface area contributed by atoms with Crippen LogP contribution in [0.2, 0.25) is 0 Å². The Morgan fingerprint density at radius 2 is 2.41 bits per heavy atom. The third-order valence-corrected chi connectivity index (χ3v) is 2.97. The van der Waals surface area contributed by atoms with Gasteiger partial charge in [0.05, 0.1) is 6.10 Å². The summed E-state index contributed by atoms with van der Waals surface area (Å²) in [5, 5.41) is 16.5. The molecule has 8 heteroatoms. The number of amides is 1. The zero-order valence-electron chi connectivity index (χ0n) is 8.83. The van der Waals surface area contributed by atoms with Crippen LogP contribution >= 0.6 is 11.5 Å². The number of carbonyl (C=O) groups is 2. The van der Waals surface area contributed by atoms with E-state index in [0.717, 1.165) is 11.5 Å². The van der Waals surface area contributed by atoms with Crippen LogP contribution in [0, 0.1) is 0 Å². The van der Waals surface area contributed by atoms with Crippen molar-refractivity contribution < 1.29 is 19.4 Å². The quantitative estimate of drug-likeness (QED) is 0.781. The molecular weight excluding hydrogens is 246 g/mol. The Morgan fingerprint density at radius 3 is 3.00 bits per heavy atom. The second-order valence-electron chi connectivity index (χ2n) is 3.66. The maximum Gasteiger partial charge on any atom is 0.332 e. The van der Waals surface area contributed by atoms with Crippen molar-refractivity contribution in [3.63, 3.8) is 0 Å². The summed E-state index contributed by atoms with van der Waals surface area (Å²) in [7, 11) is 0. The van der Waals surface area contributed by atoms with Gasteiger partial charge in [-0.25, -0.2) is 4.79 Å². The highest BCUT2D eigenvalue weighted by atomic mass is 32.1. The largest absolute Gasteiger partial charge is 0.479 e. The Morgan fingerprint density at radius 1 is 1.59 bits per heavy atom. The lowest BCUT2D eigenvalue weighted by Gasteiger charge is -2.11. The summed E-state index contributed by atoms with van der Waals surface area (Å²) in [5.74, 6) is -1.27. The fraction of sp³-hybridized carbons (Fsp3) is 0.556. The van der Waals surface area contributed by atoms with Gasteiger partial charge < -0.3 is 15.2 Å². The standard InChI is InChI=1S/C9H11N3O4S/c13-8(6-4-17-12-11-6)10-3-5-1-2-7(16-5)9(14)15/h4-5,7H,1-3H2,(H,10,13)(H,14,15). The van der Waals surface area contributed by atoms with Gasteiger partial charge >= 0.3 is 5.97 Å². The van der Waals surface area contributed by atoms with Gasteiger partial charge in [0.1, 0.15) is 0 Å². The van der Waals surface area contributed by atoms with Crippen LogP contribution in [-0.2, 0) is 9.53 Å². The molecule has 0 aromatic carbocycles. The van der Waals surface area contributed by atoms with Gasteiger partial charge in [-0.2, -0.15) is 0 Å². The lowest BCUT2D eigenvalue weighted by molar-refractivity contribution is -0.149. The summed E-state index contributed by atoms with van der Waals surface area (Å²) >= 11 is 1.10. The lowest BCUT2D eigenvalue weighted by Crippen LogP contribution is -2.33. The first-order valence-electron chi connectivity index (χ1n) is 5.10. The molecule has 1 aliphatic rings. The predicted molar refractivity (Wildman–Crippen MR) is 57.8 cm³/mol. The second kappa shape index (κ2) is 5.19. The first-order chi connectivity index (χ1) is 8.16. The van der Waals surface area contributed by atoms with E-state index in [1.807, 2.05) is 0 Å². The molecule has 17 heavy (non-hydrogen) atoms. The van der Waals surface area contributed by atoms with Crippen molar-refractivity contribution in [2.45, 2.75) is 25.0 Å². The molecule has 0 saturated carbocycles. The van der Waals surface area contributed by atoms with Crippen molar-refractivity contribution in [2.24, 2.45) is 0 Å². The lowest BCUT2D eigenvalue weighted by atomic mass is 10.2. The van der Waals surface area contributed by atoms with Gasteiger partial charge in [0, 0.05) is 11.9 Å². The molecule has 2 heterocycles. The number of aliphatic carboxylic acids is 1. The van der Waals surface area contributed by atoms with Crippen LogP contribution in [0.15, 0.2) is 5.38 Å². The van der Waals surface area contributed by atoms with E-state index in [1.165, 1.54) is 0 Å². The number of carboxylic acid groups (broad SMARTS) is 1. The molecule has 2 unspecified atom stereocenters. The average Bonchev–Trinajstić information content (AvgIpc) is 2.97. The molecule has 1 aromatic heterocycles. The van der Waals surface area contributed by atoms with Gasteiger partial charge in [-0.3, -0.25) is 4.79 Å². The SMILES string of the molecule is O=C(NCC1CCC(C(=O)O)O1)c1csnn1. The molecule has 1 fully saturated rings. The highest BCUT2D eigenvalue weighted by Crippen LogP contribution is 2.19. The third-order valence-electron chi connectivity index (χ3n) is 2.47. The van der Waals surface area contributed by atoms with Gasteiger partial charge in [-0.05, 0) is 24.4 Å². The Kier molecular flexibility index (Phi) is 3.64. The molecule has 92 valence electrons. The zero-order valence-corrected chi connectivity index (χ0v) is 9.64. The smallest absolute Gasteiger partial charge is 0.332 e. The summed E-state index contributed by atoms with van der Waals surface area (Å²) in [6.45, 7) is 0.292. The van der Waals surface area contributed by atoms with Crippen molar-refractivity contribution in [3.8, 4) is 0 Å². The summed E-state index contributed by atoms with van der Waals surface area (Å²) in [5.41, 5.74) is 0.266. The van der Waals surface area contributed by atoms with Crippen LogP contribution in [0.25, 0.3) is 0 Å². The molecule has 0 spiro atoms. The van der Waals surface area contributed by atoms with E-state index in [1.54, 1.807) is 5.38 Å². The Hall–Kier alpha value is -1.54.